The van der Waals surface area contributed by atoms with Gasteiger partial charge in [-0.25, -0.2) is 4.98 Å². The van der Waals surface area contributed by atoms with Crippen molar-refractivity contribution in [1.82, 2.24) is 4.98 Å². The highest BCUT2D eigenvalue weighted by molar-refractivity contribution is 7.09. The molecular formula is C8H13ClN2S. The van der Waals surface area contributed by atoms with E-state index in [1.54, 1.807) is 11.3 Å². The minimum atomic E-state index is 0. The van der Waals surface area contributed by atoms with Crippen LogP contribution in [-0.4, -0.2) is 11.5 Å². The number of hydrogen-bond acceptors (Lipinski definition) is 3. The van der Waals surface area contributed by atoms with Crippen molar-refractivity contribution < 1.29 is 13.8 Å². The standard InChI is InChI=1S/C8H12N2S.ClH/c9-4-6-2-1-3-7-8(6)10-5-11-7;/h5-6H,1-4,9H2;1H. The molecule has 0 spiro atoms. The smallest absolute Gasteiger partial charge is 1.00 e. The van der Waals surface area contributed by atoms with Crippen molar-refractivity contribution in [3.05, 3.63) is 16.1 Å². The first kappa shape index (κ1) is 9.96. The minimum Gasteiger partial charge on any atom is -1.00 e. The summed E-state index contributed by atoms with van der Waals surface area (Å²) >= 11 is 1.78. The van der Waals surface area contributed by atoms with E-state index in [-0.39, 0.29) is 13.8 Å². The lowest BCUT2D eigenvalue weighted by atomic mass is 9.91. The summed E-state index contributed by atoms with van der Waals surface area (Å²) in [5, 5.41) is 0. The van der Waals surface area contributed by atoms with E-state index in [0.29, 0.717) is 5.92 Å². The Morgan fingerprint density at radius 2 is 2.58 bits per heavy atom. The molecule has 0 saturated heterocycles. The van der Waals surface area contributed by atoms with Crippen molar-refractivity contribution in [2.45, 2.75) is 25.2 Å². The van der Waals surface area contributed by atoms with Crippen molar-refractivity contribution in [1.29, 1.82) is 0 Å². The van der Waals surface area contributed by atoms with Crippen LogP contribution < -0.4 is 18.1 Å². The number of fused-ring (bicyclic) bond motifs is 1. The van der Waals surface area contributed by atoms with Crippen molar-refractivity contribution in [2.75, 3.05) is 6.54 Å². The molecule has 12 heavy (non-hydrogen) atoms. The molecule has 1 aliphatic carbocycles. The molecule has 1 unspecified atom stereocenters. The van der Waals surface area contributed by atoms with Gasteiger partial charge < -0.3 is 18.1 Å². The van der Waals surface area contributed by atoms with Crippen LogP contribution in [0.4, 0.5) is 0 Å². The highest BCUT2D eigenvalue weighted by atomic mass is 35.5. The molecule has 1 atom stereocenters. The maximum atomic E-state index is 5.64. The van der Waals surface area contributed by atoms with Gasteiger partial charge >= 0.3 is 1.43 Å². The van der Waals surface area contributed by atoms with E-state index in [1.165, 1.54) is 29.8 Å². The number of aryl methyl sites for hydroxylation is 1. The molecule has 1 aliphatic rings. The van der Waals surface area contributed by atoms with E-state index >= 15 is 0 Å². The minimum absolute atomic E-state index is 0. The van der Waals surface area contributed by atoms with Gasteiger partial charge in [0.2, 0.25) is 0 Å². The normalized spacial score (nSPS) is 21.2. The largest absolute Gasteiger partial charge is 1.00 e. The Kier molecular flexibility index (Phi) is 3.50. The Hall–Kier alpha value is -0.120. The number of thiazole rings is 1. The lowest BCUT2D eigenvalue weighted by Crippen LogP contribution is -3.00. The van der Waals surface area contributed by atoms with E-state index in [4.69, 9.17) is 5.73 Å². The number of halogens is 1. The van der Waals surface area contributed by atoms with Crippen LogP contribution in [0.25, 0.3) is 0 Å². The fraction of sp³-hybridized carbons (Fsp3) is 0.625. The van der Waals surface area contributed by atoms with Gasteiger partial charge in [-0.05, 0) is 19.3 Å². The number of rotatable bonds is 1. The summed E-state index contributed by atoms with van der Waals surface area (Å²) in [7, 11) is 0. The van der Waals surface area contributed by atoms with Crippen LogP contribution >= 0.6 is 11.3 Å². The molecule has 0 bridgehead atoms. The highest BCUT2D eigenvalue weighted by Crippen LogP contribution is 2.31. The topological polar surface area (TPSA) is 38.9 Å². The van der Waals surface area contributed by atoms with Gasteiger partial charge in [0, 0.05) is 17.3 Å². The number of aromatic nitrogens is 1. The fourth-order valence-electron chi connectivity index (χ4n) is 1.67. The van der Waals surface area contributed by atoms with Crippen LogP contribution in [0.1, 0.15) is 30.8 Å². The second-order valence-corrected chi connectivity index (χ2v) is 3.92. The maximum Gasteiger partial charge on any atom is 1.00 e. The van der Waals surface area contributed by atoms with Crippen LogP contribution in [-0.2, 0) is 6.42 Å². The predicted octanol–water partition coefficient (Wildman–Crippen LogP) is -1.36. The first-order valence-corrected chi connectivity index (χ1v) is 4.92. The zero-order chi connectivity index (χ0) is 7.68. The summed E-state index contributed by atoms with van der Waals surface area (Å²) in [6.07, 6.45) is 3.74. The molecule has 0 saturated carbocycles. The van der Waals surface area contributed by atoms with Crippen molar-refractivity contribution >= 4 is 11.3 Å². The molecule has 1 aromatic heterocycles. The quantitative estimate of drug-likeness (QED) is 0.614. The van der Waals surface area contributed by atoms with Crippen LogP contribution in [0.5, 0.6) is 0 Å². The van der Waals surface area contributed by atoms with Gasteiger partial charge in [-0.2, -0.15) is 0 Å². The molecule has 0 radical (unpaired) electrons. The molecular weight excluding hydrogens is 192 g/mol. The molecule has 68 valence electrons. The van der Waals surface area contributed by atoms with Crippen LogP contribution in [0.15, 0.2) is 5.51 Å². The third-order valence-electron chi connectivity index (χ3n) is 2.30. The molecule has 2 rings (SSSR count). The molecule has 0 amide bonds. The molecule has 1 aromatic rings. The van der Waals surface area contributed by atoms with Crippen molar-refractivity contribution in [3.8, 4) is 0 Å². The third-order valence-corrected chi connectivity index (χ3v) is 3.21. The number of nitrogens with zero attached hydrogens (tertiary/aromatic N) is 1. The Morgan fingerprint density at radius 1 is 1.75 bits per heavy atom. The van der Waals surface area contributed by atoms with Gasteiger partial charge in [-0.15, -0.1) is 11.3 Å². The fourth-order valence-corrected chi connectivity index (χ4v) is 2.57. The summed E-state index contributed by atoms with van der Waals surface area (Å²) in [5.74, 6) is 0.546. The van der Waals surface area contributed by atoms with Crippen LogP contribution in [0.3, 0.4) is 0 Å². The molecule has 1 heterocycles. The first-order chi connectivity index (χ1) is 5.42. The first-order valence-electron chi connectivity index (χ1n) is 4.04. The molecule has 0 aromatic carbocycles. The lowest BCUT2D eigenvalue weighted by Gasteiger charge is -2.18. The Labute approximate surface area is 84.1 Å². The van der Waals surface area contributed by atoms with Crippen molar-refractivity contribution in [2.24, 2.45) is 5.73 Å². The average Bonchev–Trinajstić information content (AvgIpc) is 2.50. The molecule has 4 heteroatoms. The molecule has 0 aliphatic heterocycles. The van der Waals surface area contributed by atoms with E-state index in [1.807, 2.05) is 5.51 Å². The zero-order valence-corrected chi connectivity index (χ0v) is 8.37. The third kappa shape index (κ3) is 1.63. The SMILES string of the molecule is NCC1CCCc2scnc21.[Cl-].[H+]. The van der Waals surface area contributed by atoms with Gasteiger partial charge in [0.15, 0.2) is 0 Å². The van der Waals surface area contributed by atoms with Gasteiger partial charge in [0.05, 0.1) is 11.2 Å². The van der Waals surface area contributed by atoms with Gasteiger partial charge in [-0.1, -0.05) is 0 Å². The molecule has 0 fully saturated rings. The van der Waals surface area contributed by atoms with Crippen LogP contribution in [0.2, 0.25) is 0 Å². The Bertz CT molecular complexity index is 254. The predicted molar refractivity (Wildman–Crippen MR) is 48.0 cm³/mol. The van der Waals surface area contributed by atoms with Crippen LogP contribution in [0, 0.1) is 0 Å². The second kappa shape index (κ2) is 4.21. The Morgan fingerprint density at radius 3 is 3.33 bits per heavy atom. The summed E-state index contributed by atoms with van der Waals surface area (Å²) in [5.41, 5.74) is 8.87. The molecule has 2 nitrogen and oxygen atoms in total. The summed E-state index contributed by atoms with van der Waals surface area (Å²) in [6, 6.07) is 0. The average molecular weight is 205 g/mol. The van der Waals surface area contributed by atoms with Gasteiger partial charge in [0.25, 0.3) is 0 Å². The molecule has 2 N–H and O–H groups in total. The van der Waals surface area contributed by atoms with Gasteiger partial charge in [-0.3, -0.25) is 0 Å². The van der Waals surface area contributed by atoms with Gasteiger partial charge in [0.1, 0.15) is 0 Å². The van der Waals surface area contributed by atoms with E-state index in [2.05, 4.69) is 4.98 Å². The highest BCUT2D eigenvalue weighted by Gasteiger charge is 2.20. The maximum absolute atomic E-state index is 5.64. The van der Waals surface area contributed by atoms with Crippen molar-refractivity contribution in [3.63, 3.8) is 0 Å². The number of nitrogens with two attached hydrogens (primary N) is 1. The monoisotopic (exact) mass is 204 g/mol. The lowest BCUT2D eigenvalue weighted by molar-refractivity contribution is -0.00000233. The van der Waals surface area contributed by atoms with E-state index < -0.39 is 0 Å². The second-order valence-electron chi connectivity index (χ2n) is 2.99. The number of hydrogen-bond donors (Lipinski definition) is 1. The van der Waals surface area contributed by atoms with E-state index in [0.717, 1.165) is 6.54 Å². The zero-order valence-electron chi connectivity index (χ0n) is 7.79. The summed E-state index contributed by atoms with van der Waals surface area (Å²) < 4.78 is 0. The Balaban J connectivity index is 0.000000720. The summed E-state index contributed by atoms with van der Waals surface area (Å²) in [6.45, 7) is 0.761. The van der Waals surface area contributed by atoms with E-state index in [9.17, 15) is 0 Å². The summed E-state index contributed by atoms with van der Waals surface area (Å²) in [4.78, 5) is 5.81.